The maximum Gasteiger partial charge on any atom is 0.0620 e. The summed E-state index contributed by atoms with van der Waals surface area (Å²) in [6.07, 6.45) is 1.55. The van der Waals surface area contributed by atoms with Crippen LogP contribution in [-0.2, 0) is 6.42 Å². The average molecular weight is 270 g/mol. The van der Waals surface area contributed by atoms with E-state index in [0.29, 0.717) is 5.92 Å². The van der Waals surface area contributed by atoms with E-state index in [1.807, 2.05) is 17.8 Å². The van der Waals surface area contributed by atoms with Crippen LogP contribution >= 0.6 is 11.8 Å². The third kappa shape index (κ3) is 2.85. The number of aliphatic hydroxyl groups excluding tert-OH is 1. The Morgan fingerprint density at radius 2 is 1.79 bits per heavy atom. The Balaban J connectivity index is 1.64. The molecule has 2 atom stereocenters. The fraction of sp³-hybridized carbons (Fsp3) is 0.294. The van der Waals surface area contributed by atoms with Crippen LogP contribution in [0, 0.1) is 0 Å². The summed E-state index contributed by atoms with van der Waals surface area (Å²) >= 11 is 1.87. The highest BCUT2D eigenvalue weighted by atomic mass is 32.2. The van der Waals surface area contributed by atoms with E-state index in [2.05, 4.69) is 48.5 Å². The van der Waals surface area contributed by atoms with Crippen molar-refractivity contribution in [2.75, 3.05) is 5.75 Å². The zero-order valence-electron chi connectivity index (χ0n) is 10.8. The Bertz CT molecular complexity index is 538. The summed E-state index contributed by atoms with van der Waals surface area (Å²) in [5.74, 6) is 1.31. The minimum absolute atomic E-state index is 0.239. The highest BCUT2D eigenvalue weighted by Crippen LogP contribution is 2.41. The summed E-state index contributed by atoms with van der Waals surface area (Å²) in [5, 5.41) is 10.4. The summed E-state index contributed by atoms with van der Waals surface area (Å²) in [7, 11) is 0. The molecule has 0 aromatic heterocycles. The number of aryl methyl sites for hydroxylation is 1. The molecule has 0 aliphatic carbocycles. The van der Waals surface area contributed by atoms with Gasteiger partial charge in [0, 0.05) is 16.6 Å². The topological polar surface area (TPSA) is 20.2 Å². The molecule has 3 rings (SSSR count). The van der Waals surface area contributed by atoms with Crippen molar-refractivity contribution in [3.63, 3.8) is 0 Å². The first-order valence-corrected chi connectivity index (χ1v) is 7.77. The maximum atomic E-state index is 10.4. The standard InChI is InChI=1S/C17H18OS/c18-16(11-10-13-6-2-1-3-7-13)15-12-19-17-9-5-4-8-14(15)17/h1-9,15-16,18H,10-12H2. The Hall–Kier alpha value is -1.25. The molecule has 2 unspecified atom stereocenters. The van der Waals surface area contributed by atoms with Gasteiger partial charge in [0.2, 0.25) is 0 Å². The van der Waals surface area contributed by atoms with Crippen molar-refractivity contribution in [2.45, 2.75) is 29.8 Å². The fourth-order valence-corrected chi connectivity index (χ4v) is 3.99. The number of benzene rings is 2. The van der Waals surface area contributed by atoms with Gasteiger partial charge >= 0.3 is 0 Å². The molecule has 98 valence electrons. The van der Waals surface area contributed by atoms with Gasteiger partial charge < -0.3 is 5.11 Å². The van der Waals surface area contributed by atoms with Crippen molar-refractivity contribution in [3.8, 4) is 0 Å². The average Bonchev–Trinajstić information content (AvgIpc) is 2.90. The summed E-state index contributed by atoms with van der Waals surface area (Å²) in [5.41, 5.74) is 2.63. The molecule has 0 radical (unpaired) electrons. The molecule has 1 nitrogen and oxygen atoms in total. The summed E-state index contributed by atoms with van der Waals surface area (Å²) in [6.45, 7) is 0. The molecule has 2 aromatic rings. The molecular weight excluding hydrogens is 252 g/mol. The van der Waals surface area contributed by atoms with Crippen molar-refractivity contribution >= 4 is 11.8 Å². The zero-order chi connectivity index (χ0) is 13.1. The van der Waals surface area contributed by atoms with E-state index in [1.165, 1.54) is 16.0 Å². The van der Waals surface area contributed by atoms with Gasteiger partial charge in [-0.05, 0) is 30.0 Å². The van der Waals surface area contributed by atoms with Crippen LogP contribution in [0.3, 0.4) is 0 Å². The second-order valence-electron chi connectivity index (χ2n) is 5.05. The minimum atomic E-state index is -0.239. The van der Waals surface area contributed by atoms with Gasteiger partial charge in [0.1, 0.15) is 0 Å². The number of rotatable bonds is 4. The van der Waals surface area contributed by atoms with E-state index in [1.54, 1.807) is 0 Å². The first-order valence-electron chi connectivity index (χ1n) is 6.78. The lowest BCUT2D eigenvalue weighted by atomic mass is 9.91. The van der Waals surface area contributed by atoms with E-state index < -0.39 is 0 Å². The Kier molecular flexibility index (Phi) is 3.90. The van der Waals surface area contributed by atoms with E-state index in [4.69, 9.17) is 0 Å². The van der Waals surface area contributed by atoms with Crippen molar-refractivity contribution in [1.82, 2.24) is 0 Å². The van der Waals surface area contributed by atoms with Crippen LogP contribution in [0.4, 0.5) is 0 Å². The quantitative estimate of drug-likeness (QED) is 0.910. The molecule has 0 bridgehead atoms. The van der Waals surface area contributed by atoms with Gasteiger partial charge in [-0.15, -0.1) is 11.8 Å². The smallest absolute Gasteiger partial charge is 0.0620 e. The van der Waals surface area contributed by atoms with Crippen LogP contribution in [0.15, 0.2) is 59.5 Å². The highest BCUT2D eigenvalue weighted by molar-refractivity contribution is 7.99. The van der Waals surface area contributed by atoms with Gasteiger partial charge in [-0.1, -0.05) is 48.5 Å². The summed E-state index contributed by atoms with van der Waals surface area (Å²) < 4.78 is 0. The van der Waals surface area contributed by atoms with Gasteiger partial charge in [-0.2, -0.15) is 0 Å². The monoisotopic (exact) mass is 270 g/mol. The first kappa shape index (κ1) is 12.8. The molecule has 1 aliphatic heterocycles. The van der Waals surface area contributed by atoms with E-state index in [0.717, 1.165) is 18.6 Å². The molecule has 2 heteroatoms. The van der Waals surface area contributed by atoms with Crippen LogP contribution in [0.5, 0.6) is 0 Å². The molecule has 1 aliphatic rings. The van der Waals surface area contributed by atoms with Crippen LogP contribution in [0.25, 0.3) is 0 Å². The Morgan fingerprint density at radius 3 is 2.63 bits per heavy atom. The lowest BCUT2D eigenvalue weighted by molar-refractivity contribution is 0.142. The molecule has 0 saturated heterocycles. The molecule has 19 heavy (non-hydrogen) atoms. The maximum absolute atomic E-state index is 10.4. The molecule has 0 fully saturated rings. The molecule has 1 heterocycles. The second-order valence-corrected chi connectivity index (χ2v) is 6.11. The highest BCUT2D eigenvalue weighted by Gasteiger charge is 2.28. The van der Waals surface area contributed by atoms with Crippen LogP contribution in [0.1, 0.15) is 23.5 Å². The van der Waals surface area contributed by atoms with Crippen molar-refractivity contribution in [3.05, 3.63) is 65.7 Å². The number of thioether (sulfide) groups is 1. The van der Waals surface area contributed by atoms with Crippen molar-refractivity contribution in [2.24, 2.45) is 0 Å². The molecule has 0 spiro atoms. The molecule has 0 saturated carbocycles. The molecule has 1 N–H and O–H groups in total. The number of fused-ring (bicyclic) bond motifs is 1. The minimum Gasteiger partial charge on any atom is -0.392 e. The predicted octanol–water partition coefficient (Wildman–Crippen LogP) is 3.87. The molecule has 0 amide bonds. The predicted molar refractivity (Wildman–Crippen MR) is 80.7 cm³/mol. The lowest BCUT2D eigenvalue weighted by Gasteiger charge is -2.18. The van der Waals surface area contributed by atoms with Gasteiger partial charge in [0.15, 0.2) is 0 Å². The third-order valence-electron chi connectivity index (χ3n) is 3.77. The largest absolute Gasteiger partial charge is 0.392 e. The van der Waals surface area contributed by atoms with E-state index in [9.17, 15) is 5.11 Å². The van der Waals surface area contributed by atoms with Crippen LogP contribution in [0.2, 0.25) is 0 Å². The van der Waals surface area contributed by atoms with E-state index >= 15 is 0 Å². The number of aliphatic hydroxyl groups is 1. The zero-order valence-corrected chi connectivity index (χ0v) is 11.6. The fourth-order valence-electron chi connectivity index (χ4n) is 2.67. The van der Waals surface area contributed by atoms with Crippen molar-refractivity contribution < 1.29 is 5.11 Å². The number of hydrogen-bond donors (Lipinski definition) is 1. The molecule has 2 aromatic carbocycles. The van der Waals surface area contributed by atoms with Gasteiger partial charge in [-0.25, -0.2) is 0 Å². The normalized spacial score (nSPS) is 19.1. The van der Waals surface area contributed by atoms with Gasteiger partial charge in [-0.3, -0.25) is 0 Å². The first-order chi connectivity index (χ1) is 9.34. The summed E-state index contributed by atoms with van der Waals surface area (Å²) in [6, 6.07) is 18.9. The Morgan fingerprint density at radius 1 is 1.05 bits per heavy atom. The SMILES string of the molecule is OC(CCc1ccccc1)C1CSc2ccccc21. The number of hydrogen-bond acceptors (Lipinski definition) is 2. The lowest BCUT2D eigenvalue weighted by Crippen LogP contribution is -2.19. The Labute approximate surface area is 118 Å². The summed E-state index contributed by atoms with van der Waals surface area (Å²) in [4.78, 5) is 1.34. The van der Waals surface area contributed by atoms with Crippen LogP contribution < -0.4 is 0 Å². The molecular formula is C17H18OS. The van der Waals surface area contributed by atoms with Gasteiger partial charge in [0.05, 0.1) is 6.10 Å². The van der Waals surface area contributed by atoms with Crippen molar-refractivity contribution in [1.29, 1.82) is 0 Å². The second kappa shape index (κ2) is 5.81. The van der Waals surface area contributed by atoms with E-state index in [-0.39, 0.29) is 6.10 Å². The van der Waals surface area contributed by atoms with Gasteiger partial charge in [0.25, 0.3) is 0 Å². The third-order valence-corrected chi connectivity index (χ3v) is 4.98. The van der Waals surface area contributed by atoms with Crippen LogP contribution in [-0.4, -0.2) is 17.0 Å².